The molecule has 0 unspecified atom stereocenters. The third kappa shape index (κ3) is 4.48. The van der Waals surface area contributed by atoms with Crippen LogP contribution in [0, 0.1) is 0 Å². The number of anilines is 1. The Hall–Kier alpha value is -2.74. The summed E-state index contributed by atoms with van der Waals surface area (Å²) in [5, 5.41) is 2.98. The van der Waals surface area contributed by atoms with Crippen molar-refractivity contribution in [3.8, 4) is 11.5 Å². The first-order chi connectivity index (χ1) is 13.7. The van der Waals surface area contributed by atoms with Gasteiger partial charge in [0, 0.05) is 17.7 Å². The molecule has 1 atom stereocenters. The largest absolute Gasteiger partial charge is 0.497 e. The van der Waals surface area contributed by atoms with E-state index >= 15 is 0 Å². The minimum absolute atomic E-state index is 0.235. The molecule has 1 aliphatic heterocycles. The van der Waals surface area contributed by atoms with Gasteiger partial charge in [0.25, 0.3) is 5.91 Å². The molecule has 29 heavy (non-hydrogen) atoms. The maximum absolute atomic E-state index is 12.8. The molecule has 0 saturated carbocycles. The fraction of sp³-hybridized carbons (Fsp3) is 0.381. The normalized spacial score (nSPS) is 14.7. The Morgan fingerprint density at radius 1 is 1.14 bits per heavy atom. The van der Waals surface area contributed by atoms with Crippen molar-refractivity contribution >= 4 is 21.6 Å². The van der Waals surface area contributed by atoms with Gasteiger partial charge in [-0.2, -0.15) is 0 Å². The number of carbonyl (C=O) groups is 1. The molecular weight excluding hydrogens is 392 g/mol. The summed E-state index contributed by atoms with van der Waals surface area (Å²) >= 11 is 0. The maximum atomic E-state index is 12.8. The number of nitrogens with zero attached hydrogens (tertiary/aromatic N) is 1. The lowest BCUT2D eigenvalue weighted by molar-refractivity contribution is 0.0939. The molecule has 0 radical (unpaired) electrons. The van der Waals surface area contributed by atoms with E-state index in [-0.39, 0.29) is 11.9 Å². The van der Waals surface area contributed by atoms with Crippen LogP contribution in [0.1, 0.15) is 40.9 Å². The molecule has 2 aromatic carbocycles. The number of hydrogen-bond donors (Lipinski definition) is 1. The van der Waals surface area contributed by atoms with Crippen molar-refractivity contribution in [2.45, 2.75) is 25.8 Å². The fourth-order valence-corrected chi connectivity index (χ4v) is 4.58. The number of ether oxygens (including phenoxy) is 2. The molecule has 0 fully saturated rings. The van der Waals surface area contributed by atoms with Crippen LogP contribution in [0.3, 0.4) is 0 Å². The molecule has 0 bridgehead atoms. The van der Waals surface area contributed by atoms with Crippen LogP contribution in [0.2, 0.25) is 0 Å². The number of nitrogens with one attached hydrogen (secondary N) is 1. The Labute approximate surface area is 171 Å². The smallest absolute Gasteiger partial charge is 0.251 e. The minimum atomic E-state index is -3.33. The van der Waals surface area contributed by atoms with Gasteiger partial charge in [-0.3, -0.25) is 9.10 Å². The van der Waals surface area contributed by atoms with Crippen molar-refractivity contribution in [2.24, 2.45) is 0 Å². The Morgan fingerprint density at radius 3 is 2.55 bits per heavy atom. The molecule has 0 saturated heterocycles. The van der Waals surface area contributed by atoms with Gasteiger partial charge in [0.1, 0.15) is 11.5 Å². The van der Waals surface area contributed by atoms with Crippen LogP contribution in [-0.2, 0) is 16.4 Å². The van der Waals surface area contributed by atoms with E-state index in [4.69, 9.17) is 9.47 Å². The Morgan fingerprint density at radius 2 is 1.90 bits per heavy atom. The van der Waals surface area contributed by atoms with Crippen LogP contribution in [0.25, 0.3) is 0 Å². The molecule has 156 valence electrons. The van der Waals surface area contributed by atoms with Crippen LogP contribution < -0.4 is 19.1 Å². The third-order valence-electron chi connectivity index (χ3n) is 5.07. The molecular formula is C21H26N2O5S. The van der Waals surface area contributed by atoms with E-state index < -0.39 is 10.0 Å². The van der Waals surface area contributed by atoms with E-state index in [1.165, 1.54) is 10.6 Å². The van der Waals surface area contributed by atoms with Crippen molar-refractivity contribution < 1.29 is 22.7 Å². The zero-order valence-electron chi connectivity index (χ0n) is 17.1. The minimum Gasteiger partial charge on any atom is -0.497 e. The van der Waals surface area contributed by atoms with Crippen LogP contribution >= 0.6 is 0 Å². The lowest BCUT2D eigenvalue weighted by Crippen LogP contribution is -2.35. The summed E-state index contributed by atoms with van der Waals surface area (Å²) in [5.41, 5.74) is 2.81. The monoisotopic (exact) mass is 418 g/mol. The summed E-state index contributed by atoms with van der Waals surface area (Å²) in [7, 11) is -0.169. The molecule has 7 nitrogen and oxygen atoms in total. The number of carbonyl (C=O) groups excluding carboxylic acids is 1. The number of rotatable bonds is 6. The standard InChI is InChI=1S/C21H26N2O5S/c1-14(18-13-17(27-2)8-10-20(18)28-3)22-21(24)16-7-9-19-15(12-16)6-5-11-23(19)29(4,25)26/h7-10,12-14H,5-6,11H2,1-4H3,(H,22,24)/t14-/m0/s1. The van der Waals surface area contributed by atoms with Crippen molar-refractivity contribution in [1.82, 2.24) is 5.32 Å². The van der Waals surface area contributed by atoms with Crippen LogP contribution in [0.5, 0.6) is 11.5 Å². The summed E-state index contributed by atoms with van der Waals surface area (Å²) in [6.07, 6.45) is 2.66. The molecule has 0 aliphatic carbocycles. The lowest BCUT2D eigenvalue weighted by Gasteiger charge is -2.29. The number of benzene rings is 2. The first-order valence-corrected chi connectivity index (χ1v) is 11.2. The van der Waals surface area contributed by atoms with Gasteiger partial charge in [-0.05, 0) is 61.7 Å². The third-order valence-corrected chi connectivity index (χ3v) is 6.25. The average molecular weight is 419 g/mol. The number of hydrogen-bond acceptors (Lipinski definition) is 5. The topological polar surface area (TPSA) is 84.9 Å². The fourth-order valence-electron chi connectivity index (χ4n) is 3.58. The summed E-state index contributed by atoms with van der Waals surface area (Å²) in [6.45, 7) is 2.34. The summed E-state index contributed by atoms with van der Waals surface area (Å²) < 4.78 is 36.1. The average Bonchev–Trinajstić information content (AvgIpc) is 2.71. The van der Waals surface area contributed by atoms with Crippen molar-refractivity contribution in [3.63, 3.8) is 0 Å². The van der Waals surface area contributed by atoms with E-state index in [1.54, 1.807) is 44.6 Å². The molecule has 1 amide bonds. The van der Waals surface area contributed by atoms with Gasteiger partial charge in [-0.15, -0.1) is 0 Å². The number of fused-ring (bicyclic) bond motifs is 1. The second-order valence-corrected chi connectivity index (χ2v) is 8.99. The predicted molar refractivity (Wildman–Crippen MR) is 112 cm³/mol. The highest BCUT2D eigenvalue weighted by atomic mass is 32.2. The highest BCUT2D eigenvalue weighted by Crippen LogP contribution is 2.31. The SMILES string of the molecule is COc1ccc(OC)c([C@H](C)NC(=O)c2ccc3c(c2)CCCN3S(C)(=O)=O)c1. The van der Waals surface area contributed by atoms with Gasteiger partial charge in [0.2, 0.25) is 10.0 Å². The van der Waals surface area contributed by atoms with Gasteiger partial charge in [0.15, 0.2) is 0 Å². The molecule has 0 aromatic heterocycles. The first kappa shape index (κ1) is 21.0. The molecule has 1 aliphatic rings. The number of amides is 1. The summed E-state index contributed by atoms with van der Waals surface area (Å²) in [6, 6.07) is 10.3. The van der Waals surface area contributed by atoms with Gasteiger partial charge in [0.05, 0.1) is 32.2 Å². The molecule has 1 N–H and O–H groups in total. The zero-order valence-corrected chi connectivity index (χ0v) is 17.9. The van der Waals surface area contributed by atoms with Gasteiger partial charge in [-0.25, -0.2) is 8.42 Å². The predicted octanol–water partition coefficient (Wildman–Crippen LogP) is 2.91. The molecule has 1 heterocycles. The van der Waals surface area contributed by atoms with Crippen molar-refractivity contribution in [2.75, 3.05) is 31.3 Å². The van der Waals surface area contributed by atoms with Gasteiger partial charge < -0.3 is 14.8 Å². The summed E-state index contributed by atoms with van der Waals surface area (Å²) in [4.78, 5) is 12.8. The molecule has 8 heteroatoms. The van der Waals surface area contributed by atoms with Gasteiger partial charge in [-0.1, -0.05) is 0 Å². The Balaban J connectivity index is 1.83. The molecule has 0 spiro atoms. The highest BCUT2D eigenvalue weighted by molar-refractivity contribution is 7.92. The molecule has 3 rings (SSSR count). The van der Waals surface area contributed by atoms with E-state index in [2.05, 4.69) is 5.32 Å². The van der Waals surface area contributed by atoms with Gasteiger partial charge >= 0.3 is 0 Å². The van der Waals surface area contributed by atoms with E-state index in [9.17, 15) is 13.2 Å². The van der Waals surface area contributed by atoms with E-state index in [0.29, 0.717) is 29.3 Å². The first-order valence-electron chi connectivity index (χ1n) is 9.38. The second kappa shape index (κ2) is 8.32. The number of methoxy groups -OCH3 is 2. The van der Waals surface area contributed by atoms with Crippen LogP contribution in [0.15, 0.2) is 36.4 Å². The van der Waals surface area contributed by atoms with Crippen molar-refractivity contribution in [3.05, 3.63) is 53.1 Å². The van der Waals surface area contributed by atoms with Crippen molar-refractivity contribution in [1.29, 1.82) is 0 Å². The van der Waals surface area contributed by atoms with E-state index in [1.807, 2.05) is 13.0 Å². The Bertz CT molecular complexity index is 1020. The summed E-state index contributed by atoms with van der Waals surface area (Å²) in [5.74, 6) is 1.10. The molecule has 2 aromatic rings. The number of aryl methyl sites for hydroxylation is 1. The van der Waals surface area contributed by atoms with Crippen LogP contribution in [0.4, 0.5) is 5.69 Å². The Kier molecular flexibility index (Phi) is 6.02. The second-order valence-electron chi connectivity index (χ2n) is 7.09. The number of sulfonamides is 1. The lowest BCUT2D eigenvalue weighted by atomic mass is 10.00. The zero-order chi connectivity index (χ0) is 21.2. The van der Waals surface area contributed by atoms with E-state index in [0.717, 1.165) is 24.0 Å². The maximum Gasteiger partial charge on any atom is 0.251 e. The highest BCUT2D eigenvalue weighted by Gasteiger charge is 2.25. The van der Waals surface area contributed by atoms with Crippen LogP contribution in [-0.4, -0.2) is 41.3 Å². The quantitative estimate of drug-likeness (QED) is 0.780.